The first-order chi connectivity index (χ1) is 19.3. The first-order valence-corrected chi connectivity index (χ1v) is 12.9. The summed E-state index contributed by atoms with van der Waals surface area (Å²) in [6, 6.07) is 22.4. The van der Waals surface area contributed by atoms with Crippen LogP contribution in [0.2, 0.25) is 5.02 Å². The first kappa shape index (κ1) is 27.1. The predicted molar refractivity (Wildman–Crippen MR) is 149 cm³/mol. The molecule has 0 unspecified atom stereocenters. The van der Waals surface area contributed by atoms with E-state index in [9.17, 15) is 14.0 Å². The number of rotatable bonds is 6. The molecule has 1 atom stereocenters. The molecule has 0 radical (unpaired) electrons. The topological polar surface area (TPSA) is 85.7 Å². The molecule has 10 heteroatoms. The molecule has 5 rings (SSSR count). The number of nitrogens with zero attached hydrogens (tertiary/aromatic N) is 3. The number of amides is 1. The smallest absolute Gasteiger partial charge is 0.436 e. The molecular weight excluding hydrogens is 535 g/mol. The summed E-state index contributed by atoms with van der Waals surface area (Å²) < 4.78 is 20.0. The Morgan fingerprint density at radius 3 is 2.40 bits per heavy atom. The number of carbonyl (C=O) groups excluding carboxylic acids is 2. The van der Waals surface area contributed by atoms with Crippen LogP contribution >= 0.6 is 11.6 Å². The highest BCUT2D eigenvalue weighted by molar-refractivity contribution is 6.30. The van der Waals surface area contributed by atoms with Gasteiger partial charge in [0.15, 0.2) is 5.69 Å². The molecule has 1 aliphatic heterocycles. The molecule has 204 valence electrons. The average Bonchev–Trinajstić information content (AvgIpc) is 3.35. The summed E-state index contributed by atoms with van der Waals surface area (Å²) in [5.41, 5.74) is 4.42. The van der Waals surface area contributed by atoms with Crippen LogP contribution in [0.3, 0.4) is 0 Å². The maximum Gasteiger partial charge on any atom is 0.527 e. The van der Waals surface area contributed by atoms with E-state index in [-0.39, 0.29) is 36.5 Å². The highest BCUT2D eigenvalue weighted by atomic mass is 35.5. The lowest BCUT2D eigenvalue weighted by atomic mass is 9.98. The Morgan fingerprint density at radius 1 is 1.02 bits per heavy atom. The predicted octanol–water partition coefficient (Wildman–Crippen LogP) is 6.21. The van der Waals surface area contributed by atoms with Crippen LogP contribution in [0.5, 0.6) is 0 Å². The molecule has 1 aliphatic rings. The van der Waals surface area contributed by atoms with Gasteiger partial charge in [0.05, 0.1) is 37.6 Å². The third-order valence-electron chi connectivity index (χ3n) is 6.48. The zero-order valence-corrected chi connectivity index (χ0v) is 22.6. The second-order valence-electron chi connectivity index (χ2n) is 9.23. The molecule has 1 amide bonds. The molecule has 40 heavy (non-hydrogen) atoms. The van der Waals surface area contributed by atoms with Crippen LogP contribution in [0.15, 0.2) is 78.9 Å². The SMILES string of the molecule is COC(=O)ON1C/C(=C\c2ccc(F)cc2)c2c(c(C(=O)N[C@H](C)c3ccccc3)nn2-c2ccc(Cl)cc2)C1. The van der Waals surface area contributed by atoms with Gasteiger partial charge in [0.2, 0.25) is 0 Å². The number of aromatic nitrogens is 2. The van der Waals surface area contributed by atoms with E-state index in [0.717, 1.165) is 11.1 Å². The number of hydroxylamine groups is 2. The van der Waals surface area contributed by atoms with Crippen molar-refractivity contribution < 1.29 is 23.6 Å². The van der Waals surface area contributed by atoms with Gasteiger partial charge in [0.25, 0.3) is 5.91 Å². The number of benzene rings is 3. The molecule has 3 aromatic carbocycles. The Bertz CT molecular complexity index is 1550. The molecule has 0 bridgehead atoms. The van der Waals surface area contributed by atoms with Crippen LogP contribution in [0.1, 0.15) is 45.8 Å². The van der Waals surface area contributed by atoms with E-state index < -0.39 is 6.16 Å². The molecule has 0 saturated heterocycles. The summed E-state index contributed by atoms with van der Waals surface area (Å²) in [5.74, 6) is -0.749. The van der Waals surface area contributed by atoms with Gasteiger partial charge in [-0.3, -0.25) is 4.79 Å². The summed E-state index contributed by atoms with van der Waals surface area (Å²) in [7, 11) is 1.22. The maximum absolute atomic E-state index is 13.7. The Labute approximate surface area is 235 Å². The fourth-order valence-corrected chi connectivity index (χ4v) is 4.68. The maximum atomic E-state index is 13.7. The minimum Gasteiger partial charge on any atom is -0.436 e. The van der Waals surface area contributed by atoms with E-state index in [1.54, 1.807) is 41.1 Å². The van der Waals surface area contributed by atoms with Crippen molar-refractivity contribution in [3.63, 3.8) is 0 Å². The van der Waals surface area contributed by atoms with Gasteiger partial charge in [-0.25, -0.2) is 13.9 Å². The normalized spacial score (nSPS) is 14.8. The van der Waals surface area contributed by atoms with Gasteiger partial charge in [-0.2, -0.15) is 5.10 Å². The third kappa shape index (κ3) is 5.90. The van der Waals surface area contributed by atoms with Crippen LogP contribution in [0, 0.1) is 5.82 Å². The van der Waals surface area contributed by atoms with Crippen molar-refractivity contribution in [3.05, 3.63) is 118 Å². The van der Waals surface area contributed by atoms with Gasteiger partial charge in [-0.1, -0.05) is 54.1 Å². The van der Waals surface area contributed by atoms with Crippen molar-refractivity contribution in [2.45, 2.75) is 19.5 Å². The number of ether oxygens (including phenoxy) is 1. The summed E-state index contributed by atoms with van der Waals surface area (Å²) in [6.07, 6.45) is 0.950. The quantitative estimate of drug-likeness (QED) is 0.282. The minimum absolute atomic E-state index is 0.0846. The summed E-state index contributed by atoms with van der Waals surface area (Å²) >= 11 is 6.14. The number of fused-ring (bicyclic) bond motifs is 1. The molecule has 4 aromatic rings. The fourth-order valence-electron chi connectivity index (χ4n) is 4.55. The zero-order chi connectivity index (χ0) is 28.2. The van der Waals surface area contributed by atoms with E-state index in [4.69, 9.17) is 26.3 Å². The number of carbonyl (C=O) groups is 2. The Hall–Kier alpha value is -4.47. The number of hydrogen-bond acceptors (Lipinski definition) is 6. The molecule has 0 saturated carbocycles. The van der Waals surface area contributed by atoms with Crippen molar-refractivity contribution in [2.75, 3.05) is 13.7 Å². The van der Waals surface area contributed by atoms with Crippen LogP contribution in [0.25, 0.3) is 17.3 Å². The molecule has 0 fully saturated rings. The lowest BCUT2D eigenvalue weighted by Crippen LogP contribution is -2.34. The molecule has 1 N–H and O–H groups in total. The molecule has 0 spiro atoms. The van der Waals surface area contributed by atoms with E-state index >= 15 is 0 Å². The van der Waals surface area contributed by atoms with E-state index in [0.29, 0.717) is 27.5 Å². The first-order valence-electron chi connectivity index (χ1n) is 12.5. The van der Waals surface area contributed by atoms with Crippen molar-refractivity contribution in [1.29, 1.82) is 0 Å². The van der Waals surface area contributed by atoms with E-state index in [1.807, 2.05) is 43.3 Å². The van der Waals surface area contributed by atoms with Crippen molar-refractivity contribution in [3.8, 4) is 5.69 Å². The third-order valence-corrected chi connectivity index (χ3v) is 6.74. The van der Waals surface area contributed by atoms with Crippen molar-refractivity contribution in [1.82, 2.24) is 20.2 Å². The summed E-state index contributed by atoms with van der Waals surface area (Å²) in [4.78, 5) is 31.1. The minimum atomic E-state index is -0.890. The average molecular weight is 561 g/mol. The second kappa shape index (κ2) is 11.7. The molecule has 1 aromatic heterocycles. The summed E-state index contributed by atoms with van der Waals surface area (Å²) in [5, 5.41) is 9.72. The second-order valence-corrected chi connectivity index (χ2v) is 9.67. The van der Waals surface area contributed by atoms with Crippen LogP contribution in [0.4, 0.5) is 9.18 Å². The Morgan fingerprint density at radius 2 is 1.73 bits per heavy atom. The Balaban J connectivity index is 1.63. The van der Waals surface area contributed by atoms with Gasteiger partial charge in [-0.05, 0) is 66.1 Å². The van der Waals surface area contributed by atoms with Gasteiger partial charge in [0.1, 0.15) is 5.82 Å². The van der Waals surface area contributed by atoms with E-state index in [2.05, 4.69) is 5.32 Å². The number of halogens is 2. The van der Waals surface area contributed by atoms with Crippen LogP contribution in [-0.2, 0) is 16.1 Å². The lowest BCUT2D eigenvalue weighted by Gasteiger charge is -2.28. The van der Waals surface area contributed by atoms with Gasteiger partial charge >= 0.3 is 6.16 Å². The standard InChI is InChI=1S/C30H26ClFN4O4/c1-19(21-6-4-3-5-7-21)33-29(37)27-26-18-35(40-30(38)39-2)17-22(16-20-8-12-24(32)13-9-20)28(26)36(34-27)25-14-10-23(31)11-15-25/h3-16,19H,17-18H2,1-2H3,(H,33,37)/b22-16+/t19-/m1/s1. The molecule has 0 aliphatic carbocycles. The summed E-state index contributed by atoms with van der Waals surface area (Å²) in [6.45, 7) is 2.14. The largest absolute Gasteiger partial charge is 0.527 e. The highest BCUT2D eigenvalue weighted by Gasteiger charge is 2.34. The van der Waals surface area contributed by atoms with E-state index in [1.165, 1.54) is 24.3 Å². The molecule has 8 nitrogen and oxygen atoms in total. The zero-order valence-electron chi connectivity index (χ0n) is 21.8. The monoisotopic (exact) mass is 560 g/mol. The number of methoxy groups -OCH3 is 1. The highest BCUT2D eigenvalue weighted by Crippen LogP contribution is 2.34. The van der Waals surface area contributed by atoms with Crippen molar-refractivity contribution >= 4 is 35.3 Å². The fraction of sp³-hybridized carbons (Fsp3) is 0.167. The van der Waals surface area contributed by atoms with Crippen molar-refractivity contribution in [2.24, 2.45) is 0 Å². The Kier molecular flexibility index (Phi) is 7.95. The lowest BCUT2D eigenvalue weighted by molar-refractivity contribution is -0.123. The molecule has 2 heterocycles. The number of nitrogens with one attached hydrogen (secondary N) is 1. The molecular formula is C30H26ClFN4O4. The van der Waals surface area contributed by atoms with Crippen LogP contribution in [-0.4, -0.2) is 40.6 Å². The van der Waals surface area contributed by atoms with Gasteiger partial charge in [-0.15, -0.1) is 5.06 Å². The number of hydrogen-bond donors (Lipinski definition) is 1. The van der Waals surface area contributed by atoms with Crippen LogP contribution < -0.4 is 5.32 Å². The van der Waals surface area contributed by atoms with Gasteiger partial charge in [0, 0.05) is 10.6 Å². The van der Waals surface area contributed by atoms with Gasteiger partial charge < -0.3 is 14.9 Å².